The van der Waals surface area contributed by atoms with Crippen LogP contribution in [0.25, 0.3) is 0 Å². The quantitative estimate of drug-likeness (QED) is 0.753. The maximum atomic E-state index is 12.3. The predicted octanol–water partition coefficient (Wildman–Crippen LogP) is 2.09. The molecule has 0 aliphatic carbocycles. The number of carbonyl (C=O) groups is 2. The summed E-state index contributed by atoms with van der Waals surface area (Å²) in [6.07, 6.45) is 4.29. The van der Waals surface area contributed by atoms with Crippen molar-refractivity contribution in [3.63, 3.8) is 0 Å². The van der Waals surface area contributed by atoms with Crippen LogP contribution in [0, 0.1) is 5.92 Å². The third-order valence-electron chi connectivity index (χ3n) is 4.98. The van der Waals surface area contributed by atoms with Gasteiger partial charge in [-0.3, -0.25) is 14.7 Å². The van der Waals surface area contributed by atoms with Crippen LogP contribution < -0.4 is 14.8 Å². The summed E-state index contributed by atoms with van der Waals surface area (Å²) in [5.41, 5.74) is 0.626. The Hall–Kier alpha value is -3.10. The van der Waals surface area contributed by atoms with Gasteiger partial charge in [0.1, 0.15) is 17.8 Å². The SMILES string of the molecule is COc1ccc(NC(=O)CCC2CCN(C(=O)c3ncn[nH]3)CC2)c(OC)c1. The largest absolute Gasteiger partial charge is 0.497 e. The molecule has 2 heterocycles. The molecule has 3 rings (SSSR count). The zero-order chi connectivity index (χ0) is 19.9. The number of rotatable bonds is 7. The average Bonchev–Trinajstić information content (AvgIpc) is 3.27. The van der Waals surface area contributed by atoms with E-state index < -0.39 is 0 Å². The minimum absolute atomic E-state index is 0.0522. The van der Waals surface area contributed by atoms with Gasteiger partial charge in [-0.25, -0.2) is 4.98 Å². The third kappa shape index (κ3) is 4.79. The molecule has 2 N–H and O–H groups in total. The number of amides is 2. The predicted molar refractivity (Wildman–Crippen MR) is 102 cm³/mol. The minimum atomic E-state index is -0.125. The van der Waals surface area contributed by atoms with E-state index in [0.29, 0.717) is 42.6 Å². The van der Waals surface area contributed by atoms with Crippen molar-refractivity contribution in [2.75, 3.05) is 32.6 Å². The summed E-state index contributed by atoms with van der Waals surface area (Å²) < 4.78 is 10.5. The average molecular weight is 387 g/mol. The van der Waals surface area contributed by atoms with Crippen LogP contribution in [0.4, 0.5) is 5.69 Å². The Bertz CT molecular complexity index is 801. The van der Waals surface area contributed by atoms with Gasteiger partial charge in [-0.15, -0.1) is 0 Å². The molecule has 0 saturated carbocycles. The molecule has 0 unspecified atom stereocenters. The Labute approximate surface area is 163 Å². The van der Waals surface area contributed by atoms with Crippen LogP contribution in [0.5, 0.6) is 11.5 Å². The highest BCUT2D eigenvalue weighted by Gasteiger charge is 2.25. The minimum Gasteiger partial charge on any atom is -0.497 e. The molecule has 0 radical (unpaired) electrons. The van der Waals surface area contributed by atoms with Gasteiger partial charge < -0.3 is 19.7 Å². The Morgan fingerprint density at radius 1 is 1.25 bits per heavy atom. The first-order chi connectivity index (χ1) is 13.6. The van der Waals surface area contributed by atoms with Crippen LogP contribution in [0.1, 0.15) is 36.3 Å². The molecule has 1 fully saturated rings. The number of methoxy groups -OCH3 is 2. The number of benzene rings is 1. The lowest BCUT2D eigenvalue weighted by Crippen LogP contribution is -2.39. The highest BCUT2D eigenvalue weighted by Crippen LogP contribution is 2.29. The maximum absolute atomic E-state index is 12.3. The first-order valence-corrected chi connectivity index (χ1v) is 9.27. The number of likely N-dealkylation sites (tertiary alicyclic amines) is 1. The summed E-state index contributed by atoms with van der Waals surface area (Å²) in [6.45, 7) is 1.33. The normalized spacial score (nSPS) is 14.6. The van der Waals surface area contributed by atoms with Gasteiger partial charge in [-0.05, 0) is 37.3 Å². The maximum Gasteiger partial charge on any atom is 0.291 e. The summed E-state index contributed by atoms with van der Waals surface area (Å²) in [4.78, 5) is 30.3. The van der Waals surface area contributed by atoms with Gasteiger partial charge in [0, 0.05) is 25.6 Å². The van der Waals surface area contributed by atoms with Crippen molar-refractivity contribution < 1.29 is 19.1 Å². The topological polar surface area (TPSA) is 109 Å². The zero-order valence-electron chi connectivity index (χ0n) is 16.1. The monoisotopic (exact) mass is 387 g/mol. The van der Waals surface area contributed by atoms with Crippen LogP contribution in [0.3, 0.4) is 0 Å². The van der Waals surface area contributed by atoms with E-state index in [4.69, 9.17) is 9.47 Å². The van der Waals surface area contributed by atoms with Gasteiger partial charge in [0.25, 0.3) is 5.91 Å². The number of ether oxygens (including phenoxy) is 2. The Morgan fingerprint density at radius 2 is 2.04 bits per heavy atom. The molecule has 2 amide bonds. The van der Waals surface area contributed by atoms with E-state index in [-0.39, 0.29) is 17.6 Å². The standard InChI is InChI=1S/C19H25N5O4/c1-27-14-4-5-15(16(11-14)28-2)22-17(25)6-3-13-7-9-24(10-8-13)19(26)18-20-12-21-23-18/h4-5,11-13H,3,6-10H2,1-2H3,(H,22,25)(H,20,21,23). The van der Waals surface area contributed by atoms with Crippen molar-refractivity contribution in [1.29, 1.82) is 0 Å². The number of nitrogens with zero attached hydrogens (tertiary/aromatic N) is 3. The van der Waals surface area contributed by atoms with Crippen molar-refractivity contribution in [1.82, 2.24) is 20.1 Å². The first-order valence-electron chi connectivity index (χ1n) is 9.27. The van der Waals surface area contributed by atoms with Crippen LogP contribution in [0.2, 0.25) is 0 Å². The second-order valence-corrected chi connectivity index (χ2v) is 6.72. The molecule has 1 aliphatic heterocycles. The smallest absolute Gasteiger partial charge is 0.291 e. The van der Waals surface area contributed by atoms with Gasteiger partial charge in [-0.1, -0.05) is 0 Å². The van der Waals surface area contributed by atoms with Gasteiger partial charge in [0.2, 0.25) is 11.7 Å². The van der Waals surface area contributed by atoms with E-state index in [2.05, 4.69) is 20.5 Å². The molecule has 0 bridgehead atoms. The Kier molecular flexibility index (Phi) is 6.46. The number of carbonyl (C=O) groups excluding carboxylic acids is 2. The molecule has 28 heavy (non-hydrogen) atoms. The lowest BCUT2D eigenvalue weighted by Gasteiger charge is -2.31. The molecule has 9 heteroatoms. The molecule has 0 atom stereocenters. The highest BCUT2D eigenvalue weighted by molar-refractivity contribution is 5.92. The number of hydrogen-bond donors (Lipinski definition) is 2. The number of H-pyrrole nitrogens is 1. The molecule has 150 valence electrons. The van der Waals surface area contributed by atoms with Crippen LogP contribution in [-0.2, 0) is 4.79 Å². The molecule has 1 saturated heterocycles. The number of anilines is 1. The molecule has 2 aromatic rings. The zero-order valence-corrected chi connectivity index (χ0v) is 16.1. The van der Waals surface area contributed by atoms with Crippen molar-refractivity contribution in [2.24, 2.45) is 5.92 Å². The van der Waals surface area contributed by atoms with Gasteiger partial charge >= 0.3 is 0 Å². The molecular weight excluding hydrogens is 362 g/mol. The van der Waals surface area contributed by atoms with E-state index in [9.17, 15) is 9.59 Å². The van der Waals surface area contributed by atoms with E-state index in [0.717, 1.165) is 19.3 Å². The van der Waals surface area contributed by atoms with Crippen LogP contribution in [-0.4, -0.2) is 59.2 Å². The molecule has 0 spiro atoms. The van der Waals surface area contributed by atoms with Crippen molar-refractivity contribution in [3.8, 4) is 11.5 Å². The molecular formula is C19H25N5O4. The second kappa shape index (κ2) is 9.20. The lowest BCUT2D eigenvalue weighted by molar-refractivity contribution is -0.116. The number of aromatic nitrogens is 3. The molecule has 1 aliphatic rings. The van der Waals surface area contributed by atoms with E-state index in [1.165, 1.54) is 6.33 Å². The van der Waals surface area contributed by atoms with Crippen molar-refractivity contribution in [3.05, 3.63) is 30.4 Å². The van der Waals surface area contributed by atoms with Gasteiger partial charge in [-0.2, -0.15) is 5.10 Å². The number of hydrogen-bond acceptors (Lipinski definition) is 6. The van der Waals surface area contributed by atoms with Gasteiger partial charge in [0.15, 0.2) is 0 Å². The summed E-state index contributed by atoms with van der Waals surface area (Å²) in [7, 11) is 3.13. The van der Waals surface area contributed by atoms with E-state index in [1.807, 2.05) is 0 Å². The summed E-state index contributed by atoms with van der Waals surface area (Å²) >= 11 is 0. The number of aromatic amines is 1. The second-order valence-electron chi connectivity index (χ2n) is 6.72. The summed E-state index contributed by atoms with van der Waals surface area (Å²) in [6, 6.07) is 5.28. The summed E-state index contributed by atoms with van der Waals surface area (Å²) in [5.74, 6) is 1.74. The third-order valence-corrected chi connectivity index (χ3v) is 4.98. The van der Waals surface area contributed by atoms with Crippen molar-refractivity contribution in [2.45, 2.75) is 25.7 Å². The molecule has 9 nitrogen and oxygen atoms in total. The molecule has 1 aromatic heterocycles. The molecule has 1 aromatic carbocycles. The van der Waals surface area contributed by atoms with Crippen LogP contribution in [0.15, 0.2) is 24.5 Å². The lowest BCUT2D eigenvalue weighted by atomic mass is 9.92. The fourth-order valence-electron chi connectivity index (χ4n) is 3.33. The van der Waals surface area contributed by atoms with E-state index in [1.54, 1.807) is 37.3 Å². The fourth-order valence-corrected chi connectivity index (χ4v) is 3.33. The number of nitrogens with one attached hydrogen (secondary N) is 2. The first kappa shape index (κ1) is 19.7. The van der Waals surface area contributed by atoms with E-state index >= 15 is 0 Å². The van der Waals surface area contributed by atoms with Gasteiger partial charge in [0.05, 0.1) is 19.9 Å². The summed E-state index contributed by atoms with van der Waals surface area (Å²) in [5, 5.41) is 9.21. The fraction of sp³-hybridized carbons (Fsp3) is 0.474. The van der Waals surface area contributed by atoms with Crippen LogP contribution >= 0.6 is 0 Å². The Morgan fingerprint density at radius 3 is 2.68 bits per heavy atom. The van der Waals surface area contributed by atoms with Crippen molar-refractivity contribution >= 4 is 17.5 Å². The number of piperidine rings is 1. The highest BCUT2D eigenvalue weighted by atomic mass is 16.5. The Balaban J connectivity index is 1.44.